The van der Waals surface area contributed by atoms with Crippen LogP contribution in [0.2, 0.25) is 0 Å². The maximum atomic E-state index is 12.7. The molecule has 0 aromatic carbocycles. The number of carbonyl (C=O) groups is 1. The zero-order chi connectivity index (χ0) is 13.7. The third kappa shape index (κ3) is 4.27. The van der Waals surface area contributed by atoms with Crippen molar-refractivity contribution in [3.63, 3.8) is 0 Å². The first kappa shape index (κ1) is 15.5. The Labute approximate surface area is 112 Å². The van der Waals surface area contributed by atoms with Gasteiger partial charge in [-0.3, -0.25) is 4.79 Å². The molecule has 2 unspecified atom stereocenters. The largest absolute Gasteiger partial charge is 0.340 e. The number of carbonyl (C=O) groups excluding carboxylic acids is 1. The minimum Gasteiger partial charge on any atom is -0.340 e. The molecule has 1 amide bonds. The van der Waals surface area contributed by atoms with Crippen molar-refractivity contribution in [3.05, 3.63) is 0 Å². The van der Waals surface area contributed by atoms with Gasteiger partial charge in [-0.2, -0.15) is 0 Å². The third-order valence-electron chi connectivity index (χ3n) is 3.85. The van der Waals surface area contributed by atoms with Crippen molar-refractivity contribution in [3.8, 4) is 0 Å². The molecule has 1 aliphatic carbocycles. The number of hydrogen-bond donors (Lipinski definition) is 1. The molecule has 0 aromatic heterocycles. The average molecular weight is 254 g/mol. The standard InChI is InChI=1S/C15H30N2O/c1-11(2)10-17(12(3)4)15(18)13-8-6-5-7-9-14(13)16/h11-14H,5-10,16H2,1-4H3. The molecule has 0 bridgehead atoms. The maximum Gasteiger partial charge on any atom is 0.227 e. The van der Waals surface area contributed by atoms with Gasteiger partial charge in [-0.15, -0.1) is 0 Å². The predicted octanol–water partition coefficient (Wildman–Crippen LogP) is 2.79. The second-order valence-electron chi connectivity index (χ2n) is 6.39. The molecular weight excluding hydrogens is 224 g/mol. The summed E-state index contributed by atoms with van der Waals surface area (Å²) in [4.78, 5) is 14.7. The minimum atomic E-state index is 0.0497. The summed E-state index contributed by atoms with van der Waals surface area (Å²) >= 11 is 0. The van der Waals surface area contributed by atoms with Crippen LogP contribution in [0.25, 0.3) is 0 Å². The summed E-state index contributed by atoms with van der Waals surface area (Å²) in [5.74, 6) is 0.847. The van der Waals surface area contributed by atoms with Crippen LogP contribution in [0.3, 0.4) is 0 Å². The van der Waals surface area contributed by atoms with Gasteiger partial charge in [-0.1, -0.05) is 33.1 Å². The highest BCUT2D eigenvalue weighted by Crippen LogP contribution is 2.25. The zero-order valence-electron chi connectivity index (χ0n) is 12.5. The molecule has 106 valence electrons. The summed E-state index contributed by atoms with van der Waals surface area (Å²) in [6.45, 7) is 9.37. The molecule has 2 N–H and O–H groups in total. The van der Waals surface area contributed by atoms with Gasteiger partial charge in [0, 0.05) is 18.6 Å². The number of amides is 1. The van der Waals surface area contributed by atoms with E-state index in [-0.39, 0.29) is 23.9 Å². The van der Waals surface area contributed by atoms with Crippen LogP contribution in [0.4, 0.5) is 0 Å². The van der Waals surface area contributed by atoms with Gasteiger partial charge in [-0.25, -0.2) is 0 Å². The Morgan fingerprint density at radius 2 is 1.78 bits per heavy atom. The smallest absolute Gasteiger partial charge is 0.227 e. The molecular formula is C15H30N2O. The highest BCUT2D eigenvalue weighted by molar-refractivity contribution is 5.80. The molecule has 1 rings (SSSR count). The van der Waals surface area contributed by atoms with E-state index in [0.29, 0.717) is 5.92 Å². The monoisotopic (exact) mass is 254 g/mol. The van der Waals surface area contributed by atoms with Crippen molar-refractivity contribution < 1.29 is 4.79 Å². The highest BCUT2D eigenvalue weighted by atomic mass is 16.2. The van der Waals surface area contributed by atoms with Gasteiger partial charge in [0.1, 0.15) is 0 Å². The molecule has 0 saturated heterocycles. The van der Waals surface area contributed by atoms with E-state index in [4.69, 9.17) is 5.73 Å². The molecule has 0 aromatic rings. The zero-order valence-corrected chi connectivity index (χ0v) is 12.5. The Kier molecular flexibility index (Phi) is 6.13. The van der Waals surface area contributed by atoms with E-state index in [9.17, 15) is 4.79 Å². The van der Waals surface area contributed by atoms with Crippen molar-refractivity contribution >= 4 is 5.91 Å². The van der Waals surface area contributed by atoms with E-state index in [0.717, 1.165) is 25.8 Å². The molecule has 3 nitrogen and oxygen atoms in total. The van der Waals surface area contributed by atoms with Crippen LogP contribution in [0.5, 0.6) is 0 Å². The topological polar surface area (TPSA) is 46.3 Å². The van der Waals surface area contributed by atoms with Crippen molar-refractivity contribution in [2.45, 2.75) is 71.9 Å². The van der Waals surface area contributed by atoms with E-state index in [1.165, 1.54) is 12.8 Å². The van der Waals surface area contributed by atoms with E-state index in [2.05, 4.69) is 27.7 Å². The number of nitrogens with zero attached hydrogens (tertiary/aromatic N) is 1. The summed E-state index contributed by atoms with van der Waals surface area (Å²) in [6.07, 6.45) is 5.53. The van der Waals surface area contributed by atoms with Crippen LogP contribution < -0.4 is 5.73 Å². The van der Waals surface area contributed by atoms with E-state index < -0.39 is 0 Å². The lowest BCUT2D eigenvalue weighted by molar-refractivity contribution is -0.138. The van der Waals surface area contributed by atoms with E-state index >= 15 is 0 Å². The summed E-state index contributed by atoms with van der Waals surface area (Å²) in [7, 11) is 0. The summed E-state index contributed by atoms with van der Waals surface area (Å²) in [5.41, 5.74) is 6.20. The third-order valence-corrected chi connectivity index (χ3v) is 3.85. The molecule has 1 saturated carbocycles. The lowest BCUT2D eigenvalue weighted by atomic mass is 9.93. The second-order valence-corrected chi connectivity index (χ2v) is 6.39. The Hall–Kier alpha value is -0.570. The normalized spacial score (nSPS) is 25.3. The first-order valence-electron chi connectivity index (χ1n) is 7.49. The average Bonchev–Trinajstić information content (AvgIpc) is 2.49. The molecule has 0 heterocycles. The second kappa shape index (κ2) is 7.13. The lowest BCUT2D eigenvalue weighted by Crippen LogP contribution is -2.47. The van der Waals surface area contributed by atoms with Gasteiger partial charge in [0.2, 0.25) is 5.91 Å². The number of rotatable bonds is 4. The summed E-state index contributed by atoms with van der Waals surface area (Å²) in [5, 5.41) is 0. The van der Waals surface area contributed by atoms with Crippen molar-refractivity contribution in [1.82, 2.24) is 4.90 Å². The molecule has 1 aliphatic rings. The minimum absolute atomic E-state index is 0.0497. The first-order valence-corrected chi connectivity index (χ1v) is 7.49. The van der Waals surface area contributed by atoms with Crippen LogP contribution in [0, 0.1) is 11.8 Å². The summed E-state index contributed by atoms with van der Waals surface area (Å²) < 4.78 is 0. The number of hydrogen-bond acceptors (Lipinski definition) is 2. The Bertz CT molecular complexity index is 259. The number of nitrogens with two attached hydrogens (primary N) is 1. The molecule has 0 aliphatic heterocycles. The SMILES string of the molecule is CC(C)CN(C(=O)C1CCCCCC1N)C(C)C. The fraction of sp³-hybridized carbons (Fsp3) is 0.933. The fourth-order valence-electron chi connectivity index (χ4n) is 2.80. The van der Waals surface area contributed by atoms with Gasteiger partial charge >= 0.3 is 0 Å². The Morgan fingerprint density at radius 3 is 2.33 bits per heavy atom. The molecule has 2 atom stereocenters. The highest BCUT2D eigenvalue weighted by Gasteiger charge is 2.31. The molecule has 18 heavy (non-hydrogen) atoms. The van der Waals surface area contributed by atoms with Crippen LogP contribution in [0.15, 0.2) is 0 Å². The van der Waals surface area contributed by atoms with Crippen LogP contribution in [-0.4, -0.2) is 29.4 Å². The quantitative estimate of drug-likeness (QED) is 0.784. The van der Waals surface area contributed by atoms with Crippen LogP contribution in [-0.2, 0) is 4.79 Å². The van der Waals surface area contributed by atoms with E-state index in [1.807, 2.05) is 4.90 Å². The van der Waals surface area contributed by atoms with Gasteiger partial charge < -0.3 is 10.6 Å². The molecule has 0 spiro atoms. The molecule has 0 radical (unpaired) electrons. The predicted molar refractivity (Wildman–Crippen MR) is 76.2 cm³/mol. The Morgan fingerprint density at radius 1 is 1.17 bits per heavy atom. The van der Waals surface area contributed by atoms with E-state index in [1.54, 1.807) is 0 Å². The first-order chi connectivity index (χ1) is 8.43. The van der Waals surface area contributed by atoms with Crippen LogP contribution in [0.1, 0.15) is 59.8 Å². The van der Waals surface area contributed by atoms with Crippen LogP contribution >= 0.6 is 0 Å². The Balaban J connectivity index is 2.73. The van der Waals surface area contributed by atoms with Crippen molar-refractivity contribution in [2.24, 2.45) is 17.6 Å². The van der Waals surface area contributed by atoms with Crippen molar-refractivity contribution in [1.29, 1.82) is 0 Å². The van der Waals surface area contributed by atoms with Gasteiger partial charge in [0.25, 0.3) is 0 Å². The van der Waals surface area contributed by atoms with Crippen molar-refractivity contribution in [2.75, 3.05) is 6.54 Å². The molecule has 1 fully saturated rings. The summed E-state index contributed by atoms with van der Waals surface area (Å²) in [6, 6.07) is 0.337. The van der Waals surface area contributed by atoms with Gasteiger partial charge in [-0.05, 0) is 32.6 Å². The lowest BCUT2D eigenvalue weighted by Gasteiger charge is -2.33. The molecule has 3 heteroatoms. The maximum absolute atomic E-state index is 12.7. The fourth-order valence-corrected chi connectivity index (χ4v) is 2.80. The van der Waals surface area contributed by atoms with Gasteiger partial charge in [0.05, 0.1) is 5.92 Å². The van der Waals surface area contributed by atoms with Gasteiger partial charge in [0.15, 0.2) is 0 Å².